The molecular weight excluding hydrogens is 287 g/mol. The summed E-state index contributed by atoms with van der Waals surface area (Å²) in [6.07, 6.45) is 0. The van der Waals surface area contributed by atoms with Gasteiger partial charge in [0.25, 0.3) is 0 Å². The molecule has 1 N–H and O–H groups in total. The van der Waals surface area contributed by atoms with Crippen molar-refractivity contribution >= 4 is 19.2 Å². The average Bonchev–Trinajstić information content (AvgIpc) is 2.54. The maximum Gasteiger partial charge on any atom is 0.188 e. The highest BCUT2D eigenvalue weighted by Gasteiger charge is 2.09. The summed E-state index contributed by atoms with van der Waals surface area (Å²) in [4.78, 5) is 0. The molecule has 0 saturated heterocycles. The lowest BCUT2D eigenvalue weighted by Gasteiger charge is -2.14. The van der Waals surface area contributed by atoms with Crippen LogP contribution in [0.5, 0.6) is 11.5 Å². The van der Waals surface area contributed by atoms with Gasteiger partial charge in [0, 0.05) is 12.4 Å². The van der Waals surface area contributed by atoms with Gasteiger partial charge in [-0.1, -0.05) is 32.8 Å². The smallest absolute Gasteiger partial charge is 0.188 e. The van der Waals surface area contributed by atoms with E-state index in [9.17, 15) is 5.11 Å². The van der Waals surface area contributed by atoms with Crippen LogP contribution in [-0.4, -0.2) is 26.1 Å². The number of rotatable bonds is 7. The van der Waals surface area contributed by atoms with Crippen molar-refractivity contribution < 1.29 is 19.3 Å². The van der Waals surface area contributed by atoms with Gasteiger partial charge in [-0.05, 0) is 29.1 Å². The van der Waals surface area contributed by atoms with Crippen LogP contribution in [0.15, 0.2) is 42.5 Å². The van der Waals surface area contributed by atoms with E-state index < -0.39 is 0 Å². The van der Waals surface area contributed by atoms with Crippen LogP contribution >= 0.6 is 8.58 Å². The molecule has 5 heteroatoms. The zero-order valence-electron chi connectivity index (χ0n) is 12.1. The SMILES string of the molecule is COCOc1ccc(OC)cc1Pc1ccccc1CO. The van der Waals surface area contributed by atoms with Crippen molar-refractivity contribution in [2.75, 3.05) is 21.0 Å². The predicted molar refractivity (Wildman–Crippen MR) is 85.4 cm³/mol. The zero-order chi connectivity index (χ0) is 15.1. The molecule has 0 amide bonds. The first-order valence-corrected chi connectivity index (χ1v) is 7.54. The topological polar surface area (TPSA) is 47.9 Å². The molecule has 0 bridgehead atoms. The van der Waals surface area contributed by atoms with Crippen molar-refractivity contribution in [2.24, 2.45) is 0 Å². The Bertz CT molecular complexity index is 586. The van der Waals surface area contributed by atoms with Crippen LogP contribution < -0.4 is 20.1 Å². The fraction of sp³-hybridized carbons (Fsp3) is 0.250. The molecule has 112 valence electrons. The Labute approximate surface area is 126 Å². The highest BCUT2D eigenvalue weighted by molar-refractivity contribution is 7.55. The molecule has 2 rings (SSSR count). The Balaban J connectivity index is 2.31. The van der Waals surface area contributed by atoms with Crippen LogP contribution in [0.3, 0.4) is 0 Å². The Hall–Kier alpha value is -1.61. The van der Waals surface area contributed by atoms with E-state index >= 15 is 0 Å². The van der Waals surface area contributed by atoms with E-state index in [1.165, 1.54) is 0 Å². The minimum atomic E-state index is 0.0292. The quantitative estimate of drug-likeness (QED) is 0.626. The highest BCUT2D eigenvalue weighted by Crippen LogP contribution is 2.24. The van der Waals surface area contributed by atoms with E-state index in [1.807, 2.05) is 42.5 Å². The number of hydrogen-bond donors (Lipinski definition) is 1. The van der Waals surface area contributed by atoms with Gasteiger partial charge in [-0.25, -0.2) is 0 Å². The second-order valence-corrected chi connectivity index (χ2v) is 5.68. The number of aliphatic hydroxyl groups excluding tert-OH is 1. The minimum absolute atomic E-state index is 0.0292. The zero-order valence-corrected chi connectivity index (χ0v) is 13.1. The first-order chi connectivity index (χ1) is 10.3. The lowest BCUT2D eigenvalue weighted by Crippen LogP contribution is -2.13. The Morgan fingerprint density at radius 3 is 2.57 bits per heavy atom. The molecule has 0 aliphatic rings. The van der Waals surface area contributed by atoms with E-state index in [4.69, 9.17) is 14.2 Å². The van der Waals surface area contributed by atoms with Crippen molar-refractivity contribution in [1.82, 2.24) is 0 Å². The molecule has 0 fully saturated rings. The first-order valence-electron chi connectivity index (χ1n) is 6.54. The molecule has 2 aromatic rings. The van der Waals surface area contributed by atoms with Crippen LogP contribution in [0.2, 0.25) is 0 Å². The summed E-state index contributed by atoms with van der Waals surface area (Å²) in [6.45, 7) is 0.229. The number of hydrogen-bond acceptors (Lipinski definition) is 4. The molecule has 0 spiro atoms. The second kappa shape index (κ2) is 7.99. The molecule has 1 unspecified atom stereocenters. The number of methoxy groups -OCH3 is 2. The predicted octanol–water partition coefficient (Wildman–Crippen LogP) is 1.80. The Morgan fingerprint density at radius 1 is 1.05 bits per heavy atom. The fourth-order valence-electron chi connectivity index (χ4n) is 1.91. The molecule has 0 saturated carbocycles. The molecule has 2 aromatic carbocycles. The van der Waals surface area contributed by atoms with Gasteiger partial charge in [-0.2, -0.15) is 0 Å². The normalized spacial score (nSPS) is 11.0. The van der Waals surface area contributed by atoms with Crippen LogP contribution in [0.25, 0.3) is 0 Å². The maximum atomic E-state index is 9.44. The number of ether oxygens (including phenoxy) is 3. The average molecular weight is 306 g/mol. The van der Waals surface area contributed by atoms with Gasteiger partial charge in [0.05, 0.1) is 13.7 Å². The molecule has 0 radical (unpaired) electrons. The molecule has 21 heavy (non-hydrogen) atoms. The third-order valence-corrected chi connectivity index (χ3v) is 4.39. The van der Waals surface area contributed by atoms with Crippen LogP contribution in [-0.2, 0) is 11.3 Å². The monoisotopic (exact) mass is 306 g/mol. The molecule has 0 aliphatic heterocycles. The van der Waals surface area contributed by atoms with Crippen molar-refractivity contribution in [3.05, 3.63) is 48.0 Å². The number of aliphatic hydroxyl groups is 1. The van der Waals surface area contributed by atoms with Gasteiger partial charge in [-0.15, -0.1) is 0 Å². The summed E-state index contributed by atoms with van der Waals surface area (Å²) in [7, 11) is 3.60. The minimum Gasteiger partial charge on any atom is -0.497 e. The van der Waals surface area contributed by atoms with Gasteiger partial charge < -0.3 is 19.3 Å². The van der Waals surface area contributed by atoms with Crippen LogP contribution in [0, 0.1) is 0 Å². The third-order valence-electron chi connectivity index (χ3n) is 2.98. The maximum absolute atomic E-state index is 9.44. The number of benzene rings is 2. The first kappa shape index (κ1) is 15.8. The molecule has 1 atom stereocenters. The summed E-state index contributed by atoms with van der Waals surface area (Å²) in [5, 5.41) is 11.6. The van der Waals surface area contributed by atoms with Crippen LogP contribution in [0.1, 0.15) is 5.56 Å². The van der Waals surface area contributed by atoms with Crippen molar-refractivity contribution in [1.29, 1.82) is 0 Å². The van der Waals surface area contributed by atoms with Crippen molar-refractivity contribution in [3.63, 3.8) is 0 Å². The Morgan fingerprint density at radius 2 is 1.86 bits per heavy atom. The Kier molecular flexibility index (Phi) is 6.00. The largest absolute Gasteiger partial charge is 0.497 e. The lowest BCUT2D eigenvalue weighted by atomic mass is 10.2. The van der Waals surface area contributed by atoms with Gasteiger partial charge >= 0.3 is 0 Å². The lowest BCUT2D eigenvalue weighted by molar-refractivity contribution is 0.0519. The summed E-state index contributed by atoms with van der Waals surface area (Å²) < 4.78 is 15.8. The van der Waals surface area contributed by atoms with Crippen molar-refractivity contribution in [2.45, 2.75) is 6.61 Å². The standard InChI is InChI=1S/C16H19O4P/c1-18-11-20-14-8-7-13(19-2)9-16(14)21-15-6-4-3-5-12(15)10-17/h3-9,17,21H,10-11H2,1-2H3. The highest BCUT2D eigenvalue weighted by atomic mass is 31.1. The van der Waals surface area contributed by atoms with E-state index in [1.54, 1.807) is 14.2 Å². The van der Waals surface area contributed by atoms with Gasteiger partial charge in [0.2, 0.25) is 0 Å². The van der Waals surface area contributed by atoms with Crippen molar-refractivity contribution in [3.8, 4) is 11.5 Å². The van der Waals surface area contributed by atoms with E-state index in [0.29, 0.717) is 8.58 Å². The second-order valence-electron chi connectivity index (χ2n) is 4.35. The van der Waals surface area contributed by atoms with Gasteiger partial charge in [-0.3, -0.25) is 0 Å². The summed E-state index contributed by atoms with van der Waals surface area (Å²) in [6, 6.07) is 13.5. The van der Waals surface area contributed by atoms with Crippen LogP contribution in [0.4, 0.5) is 0 Å². The fourth-order valence-corrected chi connectivity index (χ4v) is 3.19. The molecule has 0 aliphatic carbocycles. The molecule has 4 nitrogen and oxygen atoms in total. The molecule has 0 heterocycles. The van der Waals surface area contributed by atoms with Gasteiger partial charge in [0.15, 0.2) is 6.79 Å². The summed E-state index contributed by atoms with van der Waals surface area (Å²) in [5.41, 5.74) is 0.927. The van der Waals surface area contributed by atoms with E-state index in [0.717, 1.165) is 27.7 Å². The van der Waals surface area contributed by atoms with Gasteiger partial charge in [0.1, 0.15) is 11.5 Å². The molecule has 0 aromatic heterocycles. The third kappa shape index (κ3) is 4.18. The molecular formula is C16H19O4P. The summed E-state index contributed by atoms with van der Waals surface area (Å²) >= 11 is 0. The van der Waals surface area contributed by atoms with E-state index in [-0.39, 0.29) is 13.4 Å². The summed E-state index contributed by atoms with van der Waals surface area (Å²) in [5.74, 6) is 1.55. The van der Waals surface area contributed by atoms with E-state index in [2.05, 4.69) is 0 Å².